The van der Waals surface area contributed by atoms with Crippen molar-refractivity contribution >= 4 is 34.4 Å². The Bertz CT molecular complexity index is 1020. The molecule has 4 rings (SSSR count). The maximum absolute atomic E-state index is 11.6. The van der Waals surface area contributed by atoms with Crippen LogP contribution in [0, 0.1) is 0 Å². The number of rotatable bonds is 3. The fraction of sp³-hybridized carbons (Fsp3) is 0.400. The summed E-state index contributed by atoms with van der Waals surface area (Å²) in [6.45, 7) is 8.63. The fourth-order valence-electron chi connectivity index (χ4n) is 3.44. The average Bonchev–Trinajstić information content (AvgIpc) is 3.11. The molecule has 2 aromatic heterocycles. The molecule has 146 valence electrons. The molecule has 0 radical (unpaired) electrons. The largest absolute Gasteiger partial charge is 0.352 e. The third-order valence-electron chi connectivity index (χ3n) is 5.05. The summed E-state index contributed by atoms with van der Waals surface area (Å²) in [5.74, 6) is 1.93. The molecular formula is C20H23ClN6O. The summed E-state index contributed by atoms with van der Waals surface area (Å²) >= 11 is 6.40. The van der Waals surface area contributed by atoms with Gasteiger partial charge in [-0.05, 0) is 12.1 Å². The van der Waals surface area contributed by atoms with Crippen molar-refractivity contribution in [2.24, 2.45) is 0 Å². The number of fused-ring (bicyclic) bond motifs is 1. The molecule has 7 nitrogen and oxygen atoms in total. The van der Waals surface area contributed by atoms with Crippen LogP contribution in [0.3, 0.4) is 0 Å². The predicted molar refractivity (Wildman–Crippen MR) is 110 cm³/mol. The van der Waals surface area contributed by atoms with Crippen LogP contribution in [0.5, 0.6) is 0 Å². The van der Waals surface area contributed by atoms with Crippen LogP contribution in [-0.2, 0) is 4.79 Å². The monoisotopic (exact) mass is 398 g/mol. The minimum Gasteiger partial charge on any atom is -0.352 e. The van der Waals surface area contributed by atoms with E-state index in [1.807, 2.05) is 29.2 Å². The van der Waals surface area contributed by atoms with E-state index in [0.29, 0.717) is 18.1 Å². The Morgan fingerprint density at radius 1 is 1.11 bits per heavy atom. The van der Waals surface area contributed by atoms with Crippen LogP contribution < -0.4 is 4.90 Å². The minimum absolute atomic E-state index is 0.113. The summed E-state index contributed by atoms with van der Waals surface area (Å²) in [6.07, 6.45) is 1.80. The van der Waals surface area contributed by atoms with Crippen LogP contribution in [-0.4, -0.2) is 56.7 Å². The molecule has 0 spiro atoms. The van der Waals surface area contributed by atoms with E-state index in [0.717, 1.165) is 41.5 Å². The standard InChI is InChI=1S/C20H23ClN6O/c1-13(2)18-23-19(26-10-8-25(9-11-26)14(3)28)15-12-22-27(20(15)24-18)17-7-5-4-6-16(17)21/h4-7,12-13H,8-11H2,1-3H3. The first-order valence-electron chi connectivity index (χ1n) is 9.46. The Balaban J connectivity index is 1.81. The first-order chi connectivity index (χ1) is 13.5. The highest BCUT2D eigenvalue weighted by atomic mass is 35.5. The Morgan fingerprint density at radius 3 is 2.46 bits per heavy atom. The van der Waals surface area contributed by atoms with E-state index in [4.69, 9.17) is 21.6 Å². The molecule has 1 saturated heterocycles. The molecular weight excluding hydrogens is 376 g/mol. The van der Waals surface area contributed by atoms with Crippen LogP contribution in [0.15, 0.2) is 30.5 Å². The Kier molecular flexibility index (Phi) is 4.93. The molecule has 1 aliphatic rings. The zero-order valence-electron chi connectivity index (χ0n) is 16.3. The number of nitrogens with zero attached hydrogens (tertiary/aromatic N) is 6. The predicted octanol–water partition coefficient (Wildman–Crippen LogP) is 3.26. The number of carbonyl (C=O) groups is 1. The number of hydrogen-bond acceptors (Lipinski definition) is 5. The molecule has 28 heavy (non-hydrogen) atoms. The van der Waals surface area contributed by atoms with Crippen molar-refractivity contribution in [2.45, 2.75) is 26.7 Å². The maximum Gasteiger partial charge on any atom is 0.219 e. The highest BCUT2D eigenvalue weighted by Crippen LogP contribution is 2.30. The molecule has 0 aliphatic carbocycles. The fourth-order valence-corrected chi connectivity index (χ4v) is 3.66. The van der Waals surface area contributed by atoms with E-state index in [1.54, 1.807) is 17.8 Å². The molecule has 1 fully saturated rings. The van der Waals surface area contributed by atoms with Crippen LogP contribution in [0.2, 0.25) is 5.02 Å². The molecule has 1 aliphatic heterocycles. The lowest BCUT2D eigenvalue weighted by Gasteiger charge is -2.35. The topological polar surface area (TPSA) is 67.2 Å². The van der Waals surface area contributed by atoms with Gasteiger partial charge in [0.05, 0.1) is 22.3 Å². The van der Waals surface area contributed by atoms with Crippen LogP contribution >= 0.6 is 11.6 Å². The number of amides is 1. The van der Waals surface area contributed by atoms with E-state index in [1.165, 1.54) is 0 Å². The summed E-state index contributed by atoms with van der Waals surface area (Å²) in [5, 5.41) is 6.07. The van der Waals surface area contributed by atoms with Gasteiger partial charge >= 0.3 is 0 Å². The molecule has 3 heterocycles. The van der Waals surface area contributed by atoms with E-state index in [-0.39, 0.29) is 11.8 Å². The number of halogens is 1. The van der Waals surface area contributed by atoms with Crippen LogP contribution in [0.4, 0.5) is 5.82 Å². The van der Waals surface area contributed by atoms with Crippen molar-refractivity contribution in [2.75, 3.05) is 31.1 Å². The maximum atomic E-state index is 11.6. The van der Waals surface area contributed by atoms with Gasteiger partial charge in [0.25, 0.3) is 0 Å². The Labute approximate surface area is 168 Å². The van der Waals surface area contributed by atoms with E-state index < -0.39 is 0 Å². The van der Waals surface area contributed by atoms with Gasteiger partial charge in [0, 0.05) is 39.0 Å². The first-order valence-corrected chi connectivity index (χ1v) is 9.84. The van der Waals surface area contributed by atoms with E-state index in [2.05, 4.69) is 23.8 Å². The second kappa shape index (κ2) is 7.39. The second-order valence-corrected chi connectivity index (χ2v) is 7.71. The molecule has 3 aromatic rings. The number of piperazine rings is 1. The third-order valence-corrected chi connectivity index (χ3v) is 5.37. The molecule has 1 amide bonds. The number of benzene rings is 1. The highest BCUT2D eigenvalue weighted by molar-refractivity contribution is 6.32. The smallest absolute Gasteiger partial charge is 0.219 e. The van der Waals surface area contributed by atoms with Crippen molar-refractivity contribution in [3.63, 3.8) is 0 Å². The van der Waals surface area contributed by atoms with Gasteiger partial charge < -0.3 is 9.80 Å². The third kappa shape index (κ3) is 3.30. The highest BCUT2D eigenvalue weighted by Gasteiger charge is 2.24. The lowest BCUT2D eigenvalue weighted by atomic mass is 10.2. The molecule has 1 aromatic carbocycles. The van der Waals surface area contributed by atoms with Crippen LogP contribution in [0.25, 0.3) is 16.7 Å². The first kappa shape index (κ1) is 18.7. The number of hydrogen-bond donors (Lipinski definition) is 0. The van der Waals surface area contributed by atoms with E-state index >= 15 is 0 Å². The van der Waals surface area contributed by atoms with Gasteiger partial charge in [-0.25, -0.2) is 14.6 Å². The van der Waals surface area contributed by atoms with Crippen molar-refractivity contribution in [3.8, 4) is 5.69 Å². The molecule has 0 saturated carbocycles. The normalized spacial score (nSPS) is 14.9. The SMILES string of the molecule is CC(=O)N1CCN(c2nc(C(C)C)nc3c2cnn3-c2ccccc2Cl)CC1. The van der Waals surface area contributed by atoms with Gasteiger partial charge in [-0.3, -0.25) is 4.79 Å². The zero-order valence-corrected chi connectivity index (χ0v) is 17.0. The van der Waals surface area contributed by atoms with Gasteiger partial charge in [-0.2, -0.15) is 5.10 Å². The lowest BCUT2D eigenvalue weighted by molar-refractivity contribution is -0.129. The Morgan fingerprint density at radius 2 is 1.82 bits per heavy atom. The summed E-state index contributed by atoms with van der Waals surface area (Å²) in [6, 6.07) is 7.60. The second-order valence-electron chi connectivity index (χ2n) is 7.30. The number of anilines is 1. The van der Waals surface area contributed by atoms with Crippen molar-refractivity contribution in [1.82, 2.24) is 24.6 Å². The summed E-state index contributed by atoms with van der Waals surface area (Å²) in [5.41, 5.74) is 1.54. The van der Waals surface area contributed by atoms with Crippen molar-refractivity contribution in [1.29, 1.82) is 0 Å². The number of carbonyl (C=O) groups excluding carboxylic acids is 1. The number of aromatic nitrogens is 4. The summed E-state index contributed by atoms with van der Waals surface area (Å²) in [7, 11) is 0. The van der Waals surface area contributed by atoms with Crippen molar-refractivity contribution < 1.29 is 4.79 Å². The Hall–Kier alpha value is -2.67. The average molecular weight is 399 g/mol. The lowest BCUT2D eigenvalue weighted by Crippen LogP contribution is -2.48. The van der Waals surface area contributed by atoms with E-state index in [9.17, 15) is 4.79 Å². The summed E-state index contributed by atoms with van der Waals surface area (Å²) in [4.78, 5) is 25.4. The molecule has 0 atom stereocenters. The zero-order chi connectivity index (χ0) is 19.8. The molecule has 8 heteroatoms. The van der Waals surface area contributed by atoms with Gasteiger partial charge in [0.2, 0.25) is 5.91 Å². The number of para-hydroxylation sites is 1. The quantitative estimate of drug-likeness (QED) is 0.677. The van der Waals surface area contributed by atoms with Gasteiger partial charge in [0.1, 0.15) is 11.6 Å². The molecule has 0 unspecified atom stereocenters. The van der Waals surface area contributed by atoms with Gasteiger partial charge in [-0.15, -0.1) is 0 Å². The van der Waals surface area contributed by atoms with Gasteiger partial charge in [0.15, 0.2) is 5.65 Å². The van der Waals surface area contributed by atoms with Crippen molar-refractivity contribution in [3.05, 3.63) is 41.3 Å². The minimum atomic E-state index is 0.113. The molecule has 0 N–H and O–H groups in total. The molecule has 0 bridgehead atoms. The van der Waals surface area contributed by atoms with Gasteiger partial charge in [-0.1, -0.05) is 37.6 Å². The van der Waals surface area contributed by atoms with Crippen LogP contribution in [0.1, 0.15) is 32.5 Å². The summed E-state index contributed by atoms with van der Waals surface area (Å²) < 4.78 is 1.78.